The van der Waals surface area contributed by atoms with Crippen LogP contribution in [0.5, 0.6) is 5.75 Å². The maximum absolute atomic E-state index is 12.5. The van der Waals surface area contributed by atoms with Gasteiger partial charge in [0.15, 0.2) is 0 Å². The van der Waals surface area contributed by atoms with Crippen LogP contribution in [0.1, 0.15) is 37.3 Å². The summed E-state index contributed by atoms with van der Waals surface area (Å²) in [6.45, 7) is 3.74. The Kier molecular flexibility index (Phi) is 5.11. The van der Waals surface area contributed by atoms with E-state index in [1.54, 1.807) is 12.1 Å². The molecule has 0 unspecified atom stereocenters. The van der Waals surface area contributed by atoms with E-state index >= 15 is 0 Å². The van der Waals surface area contributed by atoms with Crippen LogP contribution in [0, 0.1) is 5.92 Å². The third-order valence-electron chi connectivity index (χ3n) is 4.82. The van der Waals surface area contributed by atoms with Crippen molar-refractivity contribution in [3.05, 3.63) is 29.8 Å². The molecule has 1 aliphatic carbocycles. The number of rotatable bonds is 4. The number of halogens is 3. The monoisotopic (exact) mass is 328 g/mol. The van der Waals surface area contributed by atoms with Gasteiger partial charge in [0.05, 0.1) is 0 Å². The topological polar surface area (TPSA) is 24.5 Å². The van der Waals surface area contributed by atoms with Gasteiger partial charge < -0.3 is 10.1 Å². The van der Waals surface area contributed by atoms with E-state index in [2.05, 4.69) is 15.0 Å². The smallest absolute Gasteiger partial charge is 0.406 e. The highest BCUT2D eigenvalue weighted by Crippen LogP contribution is 2.40. The molecule has 1 N–H and O–H groups in total. The molecule has 0 bridgehead atoms. The molecule has 3 nitrogen and oxygen atoms in total. The molecule has 3 rings (SSSR count). The van der Waals surface area contributed by atoms with E-state index < -0.39 is 6.36 Å². The Morgan fingerprint density at radius 3 is 2.48 bits per heavy atom. The number of alkyl halides is 3. The molecule has 1 aromatic rings. The maximum Gasteiger partial charge on any atom is 0.573 e. The van der Waals surface area contributed by atoms with Crippen molar-refractivity contribution >= 4 is 0 Å². The van der Waals surface area contributed by atoms with Gasteiger partial charge in [-0.25, -0.2) is 0 Å². The minimum Gasteiger partial charge on any atom is -0.406 e. The van der Waals surface area contributed by atoms with Gasteiger partial charge in [-0.05, 0) is 36.5 Å². The molecule has 2 fully saturated rings. The number of hydrogen-bond acceptors (Lipinski definition) is 3. The van der Waals surface area contributed by atoms with Crippen molar-refractivity contribution in [2.75, 3.05) is 26.2 Å². The van der Waals surface area contributed by atoms with Crippen LogP contribution in [0.3, 0.4) is 0 Å². The number of benzene rings is 1. The molecule has 128 valence electrons. The van der Waals surface area contributed by atoms with Crippen molar-refractivity contribution in [2.45, 2.75) is 38.1 Å². The van der Waals surface area contributed by atoms with Crippen LogP contribution in [0.25, 0.3) is 0 Å². The van der Waals surface area contributed by atoms with E-state index in [1.807, 2.05) is 6.07 Å². The van der Waals surface area contributed by atoms with Crippen LogP contribution in [-0.2, 0) is 0 Å². The molecule has 23 heavy (non-hydrogen) atoms. The van der Waals surface area contributed by atoms with Crippen LogP contribution in [-0.4, -0.2) is 37.4 Å². The second-order valence-electron chi connectivity index (χ2n) is 6.40. The zero-order valence-electron chi connectivity index (χ0n) is 13.1. The Labute approximate surface area is 134 Å². The highest BCUT2D eigenvalue weighted by Gasteiger charge is 2.34. The summed E-state index contributed by atoms with van der Waals surface area (Å²) in [5, 5.41) is 3.34. The lowest BCUT2D eigenvalue weighted by Crippen LogP contribution is -2.46. The average molecular weight is 328 g/mol. The first-order valence-electron chi connectivity index (χ1n) is 8.33. The number of nitrogens with zero attached hydrogens (tertiary/aromatic N) is 1. The van der Waals surface area contributed by atoms with Gasteiger partial charge in [-0.15, -0.1) is 13.2 Å². The van der Waals surface area contributed by atoms with Gasteiger partial charge >= 0.3 is 6.36 Å². The van der Waals surface area contributed by atoms with Gasteiger partial charge in [-0.3, -0.25) is 4.90 Å². The van der Waals surface area contributed by atoms with Gasteiger partial charge in [0.25, 0.3) is 0 Å². The van der Waals surface area contributed by atoms with E-state index in [4.69, 9.17) is 0 Å². The summed E-state index contributed by atoms with van der Waals surface area (Å²) in [7, 11) is 0. The molecule has 0 aromatic heterocycles. The van der Waals surface area contributed by atoms with E-state index in [-0.39, 0.29) is 11.8 Å². The second kappa shape index (κ2) is 7.09. The Bertz CT molecular complexity index is 509. The molecule has 0 amide bonds. The molecule has 1 aliphatic heterocycles. The molecule has 1 atom stereocenters. The van der Waals surface area contributed by atoms with Crippen LogP contribution < -0.4 is 10.1 Å². The quantitative estimate of drug-likeness (QED) is 0.912. The van der Waals surface area contributed by atoms with Crippen molar-refractivity contribution in [1.29, 1.82) is 0 Å². The molecule has 1 aromatic carbocycles. The van der Waals surface area contributed by atoms with E-state index in [9.17, 15) is 13.2 Å². The lowest BCUT2D eigenvalue weighted by Gasteiger charge is -2.38. The zero-order chi connectivity index (χ0) is 16.3. The summed E-state index contributed by atoms with van der Waals surface area (Å²) in [5.41, 5.74) is 0.945. The number of piperazine rings is 1. The fourth-order valence-corrected chi connectivity index (χ4v) is 3.91. The van der Waals surface area contributed by atoms with Gasteiger partial charge in [0.1, 0.15) is 5.75 Å². The minimum atomic E-state index is -4.64. The Morgan fingerprint density at radius 1 is 1.13 bits per heavy atom. The first-order chi connectivity index (χ1) is 11.0. The van der Waals surface area contributed by atoms with E-state index in [0.29, 0.717) is 5.92 Å². The van der Waals surface area contributed by atoms with Crippen molar-refractivity contribution in [3.8, 4) is 5.75 Å². The third-order valence-corrected chi connectivity index (χ3v) is 4.82. The van der Waals surface area contributed by atoms with Crippen molar-refractivity contribution in [1.82, 2.24) is 10.2 Å². The fourth-order valence-electron chi connectivity index (χ4n) is 3.91. The molecule has 1 saturated heterocycles. The standard InChI is InChI=1S/C17H23F3N2O/c18-17(19,20)23-15-7-3-6-14(12-15)16(13-4-1-2-5-13)22-10-8-21-9-11-22/h3,6-7,12-13,16,21H,1-2,4-5,8-11H2/t16-/m1/s1. The normalized spacial score (nSPS) is 22.2. The first kappa shape index (κ1) is 16.6. The Morgan fingerprint density at radius 2 is 1.83 bits per heavy atom. The van der Waals surface area contributed by atoms with Gasteiger partial charge in [-0.1, -0.05) is 25.0 Å². The Balaban J connectivity index is 1.84. The van der Waals surface area contributed by atoms with Crippen LogP contribution in [0.2, 0.25) is 0 Å². The number of nitrogens with one attached hydrogen (secondary N) is 1. The molecule has 0 spiro atoms. The third kappa shape index (κ3) is 4.38. The second-order valence-corrected chi connectivity index (χ2v) is 6.40. The van der Waals surface area contributed by atoms with Crippen molar-refractivity contribution < 1.29 is 17.9 Å². The van der Waals surface area contributed by atoms with Gasteiger partial charge in [0, 0.05) is 32.2 Å². The Hall–Kier alpha value is -1.27. The van der Waals surface area contributed by atoms with Gasteiger partial charge in [0.2, 0.25) is 0 Å². The average Bonchev–Trinajstić information content (AvgIpc) is 3.01. The molecule has 1 heterocycles. The van der Waals surface area contributed by atoms with Gasteiger partial charge in [-0.2, -0.15) is 0 Å². The molecular weight excluding hydrogens is 305 g/mol. The predicted molar refractivity (Wildman–Crippen MR) is 82.3 cm³/mol. The molecule has 6 heteroatoms. The van der Waals surface area contributed by atoms with Crippen molar-refractivity contribution in [2.24, 2.45) is 5.92 Å². The zero-order valence-corrected chi connectivity index (χ0v) is 13.1. The van der Waals surface area contributed by atoms with E-state index in [0.717, 1.165) is 44.6 Å². The summed E-state index contributed by atoms with van der Waals surface area (Å²) >= 11 is 0. The van der Waals surface area contributed by atoms with Crippen molar-refractivity contribution in [3.63, 3.8) is 0 Å². The number of hydrogen-bond donors (Lipinski definition) is 1. The fraction of sp³-hybridized carbons (Fsp3) is 0.647. The lowest BCUT2D eigenvalue weighted by molar-refractivity contribution is -0.274. The summed E-state index contributed by atoms with van der Waals surface area (Å²) < 4.78 is 41.6. The highest BCUT2D eigenvalue weighted by molar-refractivity contribution is 5.31. The molecular formula is C17H23F3N2O. The van der Waals surface area contributed by atoms with Crippen LogP contribution >= 0.6 is 0 Å². The van der Waals surface area contributed by atoms with Crippen LogP contribution in [0.4, 0.5) is 13.2 Å². The maximum atomic E-state index is 12.5. The largest absolute Gasteiger partial charge is 0.573 e. The summed E-state index contributed by atoms with van der Waals surface area (Å²) in [4.78, 5) is 2.42. The summed E-state index contributed by atoms with van der Waals surface area (Å²) in [5.74, 6) is 0.405. The SMILES string of the molecule is FC(F)(F)Oc1cccc([C@@H](C2CCCC2)N2CCNCC2)c1. The van der Waals surface area contributed by atoms with Crippen LogP contribution in [0.15, 0.2) is 24.3 Å². The first-order valence-corrected chi connectivity index (χ1v) is 8.33. The van der Waals surface area contributed by atoms with E-state index in [1.165, 1.54) is 18.9 Å². The molecule has 2 aliphatic rings. The summed E-state index contributed by atoms with van der Waals surface area (Å²) in [6.07, 6.45) is 0.0897. The molecule has 0 radical (unpaired) electrons. The predicted octanol–water partition coefficient (Wildman–Crippen LogP) is 3.72. The summed E-state index contributed by atoms with van der Waals surface area (Å²) in [6, 6.07) is 6.74. The molecule has 1 saturated carbocycles. The lowest BCUT2D eigenvalue weighted by atomic mass is 9.89. The highest BCUT2D eigenvalue weighted by atomic mass is 19.4. The minimum absolute atomic E-state index is 0.117. The number of ether oxygens (including phenoxy) is 1.